The molecule has 0 saturated carbocycles. The molecule has 170 valence electrons. The molecule has 1 aromatic carbocycles. The summed E-state index contributed by atoms with van der Waals surface area (Å²) >= 11 is 0. The Morgan fingerprint density at radius 1 is 1.06 bits per heavy atom. The zero-order valence-electron chi connectivity index (χ0n) is 19.5. The van der Waals surface area contributed by atoms with Crippen LogP contribution in [0.5, 0.6) is 0 Å². The van der Waals surface area contributed by atoms with Gasteiger partial charge >= 0.3 is 0 Å². The molecular weight excluding hydrogens is 402 g/mol. The molecular formula is C25H33N5O2. The van der Waals surface area contributed by atoms with Crippen LogP contribution in [-0.2, 0) is 25.9 Å². The molecule has 1 atom stereocenters. The summed E-state index contributed by atoms with van der Waals surface area (Å²) in [4.78, 5) is 15.0. The van der Waals surface area contributed by atoms with Gasteiger partial charge < -0.3 is 14.3 Å². The van der Waals surface area contributed by atoms with Gasteiger partial charge in [0, 0.05) is 32.6 Å². The quantitative estimate of drug-likeness (QED) is 0.609. The number of rotatable bonds is 7. The Kier molecular flexibility index (Phi) is 6.74. The second-order valence-electron chi connectivity index (χ2n) is 9.15. The van der Waals surface area contributed by atoms with Crippen LogP contribution in [0.15, 0.2) is 41.0 Å². The molecule has 3 heterocycles. The lowest BCUT2D eigenvalue weighted by Crippen LogP contribution is -2.30. The second-order valence-corrected chi connectivity index (χ2v) is 9.15. The largest absolute Gasteiger partial charge is 0.469 e. The van der Waals surface area contributed by atoms with E-state index < -0.39 is 0 Å². The van der Waals surface area contributed by atoms with Gasteiger partial charge in [-0.25, -0.2) is 0 Å². The summed E-state index contributed by atoms with van der Waals surface area (Å²) in [5.74, 6) is 2.91. The summed E-state index contributed by atoms with van der Waals surface area (Å²) in [7, 11) is 0. The van der Waals surface area contributed by atoms with Gasteiger partial charge in [0.05, 0.1) is 17.9 Å². The number of nitrogens with zero attached hydrogens (tertiary/aromatic N) is 4. The van der Waals surface area contributed by atoms with Crippen molar-refractivity contribution in [2.24, 2.45) is 5.92 Å². The third-order valence-corrected chi connectivity index (χ3v) is 6.06. The smallest absolute Gasteiger partial charge is 0.255 e. The summed E-state index contributed by atoms with van der Waals surface area (Å²) < 4.78 is 7.41. The Balaban J connectivity index is 1.37. The van der Waals surface area contributed by atoms with Crippen LogP contribution in [0.3, 0.4) is 0 Å². The van der Waals surface area contributed by atoms with Gasteiger partial charge in [0.25, 0.3) is 5.91 Å². The normalized spacial score (nSPS) is 15.4. The minimum atomic E-state index is -0.238. The Bertz CT molecular complexity index is 1050. The lowest BCUT2D eigenvalue weighted by molar-refractivity contribution is 0.0936. The van der Waals surface area contributed by atoms with Crippen molar-refractivity contribution in [1.29, 1.82) is 0 Å². The topological polar surface area (TPSA) is 76.2 Å². The first-order valence-electron chi connectivity index (χ1n) is 11.5. The van der Waals surface area contributed by atoms with Gasteiger partial charge in [-0.3, -0.25) is 9.69 Å². The molecule has 7 heteroatoms. The molecule has 32 heavy (non-hydrogen) atoms. The van der Waals surface area contributed by atoms with Crippen LogP contribution < -0.4 is 5.32 Å². The molecule has 0 spiro atoms. The number of fused-ring (bicyclic) bond motifs is 1. The van der Waals surface area contributed by atoms with E-state index in [4.69, 9.17) is 4.42 Å². The second kappa shape index (κ2) is 9.69. The Hall–Kier alpha value is -2.93. The number of aromatic nitrogens is 3. The number of aryl methyl sites for hydroxylation is 1. The van der Waals surface area contributed by atoms with Crippen LogP contribution in [0, 0.1) is 12.8 Å². The summed E-state index contributed by atoms with van der Waals surface area (Å²) in [6, 6.07) is 10.5. The van der Waals surface area contributed by atoms with E-state index >= 15 is 0 Å². The van der Waals surface area contributed by atoms with Gasteiger partial charge in [0.1, 0.15) is 11.6 Å². The Morgan fingerprint density at radius 2 is 1.81 bits per heavy atom. The maximum Gasteiger partial charge on any atom is 0.255 e. The fourth-order valence-electron chi connectivity index (χ4n) is 4.34. The van der Waals surface area contributed by atoms with Crippen molar-refractivity contribution in [2.75, 3.05) is 13.1 Å². The van der Waals surface area contributed by atoms with E-state index in [-0.39, 0.29) is 11.9 Å². The minimum Gasteiger partial charge on any atom is -0.469 e. The van der Waals surface area contributed by atoms with Gasteiger partial charge in [-0.05, 0) is 43.4 Å². The van der Waals surface area contributed by atoms with Crippen molar-refractivity contribution in [2.45, 2.75) is 59.7 Å². The van der Waals surface area contributed by atoms with Crippen molar-refractivity contribution in [3.8, 4) is 0 Å². The van der Waals surface area contributed by atoms with Crippen LogP contribution >= 0.6 is 0 Å². The van der Waals surface area contributed by atoms with Crippen LogP contribution in [0.25, 0.3) is 0 Å². The van der Waals surface area contributed by atoms with E-state index in [1.54, 1.807) is 13.0 Å². The van der Waals surface area contributed by atoms with Gasteiger partial charge in [-0.15, -0.1) is 10.2 Å². The fraction of sp³-hybridized carbons (Fsp3) is 0.480. The van der Waals surface area contributed by atoms with Crippen LogP contribution in [0.4, 0.5) is 0 Å². The molecule has 0 radical (unpaired) electrons. The summed E-state index contributed by atoms with van der Waals surface area (Å²) in [5.41, 5.74) is 3.29. The Morgan fingerprint density at radius 3 is 2.50 bits per heavy atom. The van der Waals surface area contributed by atoms with E-state index in [9.17, 15) is 4.79 Å². The van der Waals surface area contributed by atoms with E-state index in [2.05, 4.69) is 63.1 Å². The van der Waals surface area contributed by atoms with Crippen LogP contribution in [-0.4, -0.2) is 38.7 Å². The molecule has 0 unspecified atom stereocenters. The molecule has 0 saturated heterocycles. The highest BCUT2D eigenvalue weighted by Gasteiger charge is 2.24. The summed E-state index contributed by atoms with van der Waals surface area (Å²) in [5, 5.41) is 11.8. The molecule has 3 aromatic rings. The maximum absolute atomic E-state index is 12.6. The van der Waals surface area contributed by atoms with Crippen molar-refractivity contribution < 1.29 is 9.21 Å². The zero-order chi connectivity index (χ0) is 22.7. The SMILES string of the molecule is Cc1occc1C(=O)N[C@@H](C)c1nnc2n1CCN(Cc1ccc(CC(C)C)cc1)CC2. The lowest BCUT2D eigenvalue weighted by Gasteiger charge is -2.20. The standard InChI is InChI=1S/C25H33N5O2/c1-17(2)15-20-5-7-21(8-6-20)16-29-11-9-23-27-28-24(30(23)13-12-29)18(3)26-25(31)22-10-14-32-19(22)4/h5-8,10,14,17-18H,9,11-13,15-16H2,1-4H3,(H,26,31)/t18-/m0/s1. The number of carbonyl (C=O) groups excluding carboxylic acids is 1. The van der Waals surface area contributed by atoms with Crippen LogP contribution in [0.2, 0.25) is 0 Å². The number of benzene rings is 1. The summed E-state index contributed by atoms with van der Waals surface area (Å²) in [6.07, 6.45) is 3.50. The highest BCUT2D eigenvalue weighted by molar-refractivity contribution is 5.95. The molecule has 1 amide bonds. The monoisotopic (exact) mass is 435 g/mol. The van der Waals surface area contributed by atoms with Crippen LogP contribution in [0.1, 0.15) is 65.7 Å². The molecule has 7 nitrogen and oxygen atoms in total. The molecule has 1 aliphatic heterocycles. The summed E-state index contributed by atoms with van der Waals surface area (Å²) in [6.45, 7) is 11.9. The highest BCUT2D eigenvalue weighted by Crippen LogP contribution is 2.19. The van der Waals surface area contributed by atoms with Crippen molar-refractivity contribution >= 4 is 5.91 Å². The predicted octanol–water partition coefficient (Wildman–Crippen LogP) is 3.93. The van der Waals surface area contributed by atoms with Gasteiger partial charge in [0.2, 0.25) is 0 Å². The van der Waals surface area contributed by atoms with E-state index in [0.717, 1.165) is 50.7 Å². The van der Waals surface area contributed by atoms with Crippen molar-refractivity contribution in [3.63, 3.8) is 0 Å². The van der Waals surface area contributed by atoms with E-state index in [1.807, 2.05) is 6.92 Å². The third-order valence-electron chi connectivity index (χ3n) is 6.06. The van der Waals surface area contributed by atoms with Crippen molar-refractivity contribution in [3.05, 3.63) is 70.7 Å². The molecule has 0 fully saturated rings. The number of furan rings is 1. The van der Waals surface area contributed by atoms with Gasteiger partial charge in [-0.1, -0.05) is 38.1 Å². The highest BCUT2D eigenvalue weighted by atomic mass is 16.3. The molecule has 1 N–H and O–H groups in total. The first-order chi connectivity index (χ1) is 15.4. The zero-order valence-corrected chi connectivity index (χ0v) is 19.5. The number of hydrogen-bond donors (Lipinski definition) is 1. The van der Waals surface area contributed by atoms with E-state index in [1.165, 1.54) is 17.4 Å². The third kappa shape index (κ3) is 5.10. The number of nitrogens with one attached hydrogen (secondary N) is 1. The molecule has 0 aliphatic carbocycles. The van der Waals surface area contributed by atoms with Crippen molar-refractivity contribution in [1.82, 2.24) is 25.0 Å². The maximum atomic E-state index is 12.6. The lowest BCUT2D eigenvalue weighted by atomic mass is 10.0. The minimum absolute atomic E-state index is 0.155. The average molecular weight is 436 g/mol. The molecule has 4 rings (SSSR count). The first kappa shape index (κ1) is 22.3. The number of amides is 1. The number of hydrogen-bond acceptors (Lipinski definition) is 5. The first-order valence-corrected chi connectivity index (χ1v) is 11.5. The predicted molar refractivity (Wildman–Crippen MR) is 123 cm³/mol. The van der Waals surface area contributed by atoms with Gasteiger partial charge in [-0.2, -0.15) is 0 Å². The van der Waals surface area contributed by atoms with E-state index in [0.29, 0.717) is 17.2 Å². The molecule has 0 bridgehead atoms. The number of carbonyl (C=O) groups is 1. The van der Waals surface area contributed by atoms with Gasteiger partial charge in [0.15, 0.2) is 5.82 Å². The average Bonchev–Trinajstić information content (AvgIpc) is 3.32. The fourth-order valence-corrected chi connectivity index (χ4v) is 4.34. The Labute approximate surface area is 189 Å². The molecule has 1 aliphatic rings. The molecule has 2 aromatic heterocycles.